The second-order valence-corrected chi connectivity index (χ2v) is 8.75. The van der Waals surface area contributed by atoms with Crippen LogP contribution in [0, 0.1) is 0 Å². The number of nitrogens with zero attached hydrogens (tertiary/aromatic N) is 1. The van der Waals surface area contributed by atoms with Gasteiger partial charge >= 0.3 is 0 Å². The maximum Gasteiger partial charge on any atom is 0.0552 e. The fourth-order valence-electron chi connectivity index (χ4n) is 4.59. The van der Waals surface area contributed by atoms with Gasteiger partial charge in [-0.15, -0.1) is 0 Å². The Morgan fingerprint density at radius 3 is 1.94 bits per heavy atom. The van der Waals surface area contributed by atoms with Gasteiger partial charge in [0, 0.05) is 20.9 Å². The summed E-state index contributed by atoms with van der Waals surface area (Å²) in [5, 5.41) is 2.49. The van der Waals surface area contributed by atoms with E-state index in [2.05, 4.69) is 142 Å². The number of para-hydroxylation sites is 1. The second-order valence-electron chi connectivity index (χ2n) is 7.96. The predicted molar refractivity (Wildman–Crippen MR) is 139 cm³/mol. The highest BCUT2D eigenvalue weighted by molar-refractivity contribution is 9.10. The number of rotatable bonds is 3. The smallest absolute Gasteiger partial charge is 0.0552 e. The van der Waals surface area contributed by atoms with Gasteiger partial charge in [-0.25, -0.2) is 0 Å². The number of fused-ring (bicyclic) bond motifs is 3. The Kier molecular flexibility index (Phi) is 4.66. The molecule has 5 aromatic carbocycles. The van der Waals surface area contributed by atoms with Crippen molar-refractivity contribution in [2.24, 2.45) is 0 Å². The quantitative estimate of drug-likeness (QED) is 0.241. The first-order valence-corrected chi connectivity index (χ1v) is 11.5. The zero-order valence-electron chi connectivity index (χ0n) is 17.4. The molecular weight excluding hydrogens is 454 g/mol. The Morgan fingerprint density at radius 1 is 0.500 bits per heavy atom. The summed E-state index contributed by atoms with van der Waals surface area (Å²) in [6, 6.07) is 43.0. The Balaban J connectivity index is 1.64. The van der Waals surface area contributed by atoms with Crippen LogP contribution in [-0.2, 0) is 0 Å². The van der Waals surface area contributed by atoms with Crippen LogP contribution in [0.5, 0.6) is 0 Å². The largest absolute Gasteiger partial charge is 0.309 e. The van der Waals surface area contributed by atoms with Crippen molar-refractivity contribution in [3.8, 4) is 27.9 Å². The van der Waals surface area contributed by atoms with E-state index in [4.69, 9.17) is 0 Å². The van der Waals surface area contributed by atoms with Crippen molar-refractivity contribution < 1.29 is 0 Å². The van der Waals surface area contributed by atoms with E-state index in [1.165, 1.54) is 44.1 Å². The molecule has 0 N–H and O–H groups in total. The van der Waals surface area contributed by atoms with Gasteiger partial charge in [-0.05, 0) is 62.4 Å². The van der Waals surface area contributed by atoms with E-state index in [0.29, 0.717) is 0 Å². The lowest BCUT2D eigenvalue weighted by atomic mass is 10.0. The maximum atomic E-state index is 3.96. The third-order valence-electron chi connectivity index (χ3n) is 6.07. The predicted octanol–water partition coefficient (Wildman–Crippen LogP) is 8.88. The summed E-state index contributed by atoms with van der Waals surface area (Å²) in [7, 11) is 0. The Hall–Kier alpha value is -3.62. The van der Waals surface area contributed by atoms with E-state index in [-0.39, 0.29) is 0 Å². The van der Waals surface area contributed by atoms with Crippen LogP contribution in [0.15, 0.2) is 126 Å². The van der Waals surface area contributed by atoms with Crippen molar-refractivity contribution in [1.82, 2.24) is 4.57 Å². The molecule has 6 rings (SSSR count). The number of hydrogen-bond acceptors (Lipinski definition) is 0. The van der Waals surface area contributed by atoms with Gasteiger partial charge in [-0.1, -0.05) is 97.1 Å². The van der Waals surface area contributed by atoms with Gasteiger partial charge < -0.3 is 4.57 Å². The molecule has 6 aromatic rings. The van der Waals surface area contributed by atoms with Crippen molar-refractivity contribution in [2.45, 2.75) is 0 Å². The van der Waals surface area contributed by atoms with Gasteiger partial charge in [0.25, 0.3) is 0 Å². The highest BCUT2D eigenvalue weighted by atomic mass is 79.9. The van der Waals surface area contributed by atoms with Crippen molar-refractivity contribution in [1.29, 1.82) is 0 Å². The van der Waals surface area contributed by atoms with E-state index in [1.54, 1.807) is 0 Å². The second kappa shape index (κ2) is 7.81. The zero-order valence-corrected chi connectivity index (χ0v) is 19.0. The third-order valence-corrected chi connectivity index (χ3v) is 6.90. The standard InChI is InChI=1S/C30H20BrN/c31-30-25(22-12-5-2-6-13-22)18-19-28-29(30)26-16-7-8-17-27(26)32(28)24-15-9-14-23(20-24)21-10-3-1-4-11-21/h1-20H. The van der Waals surface area contributed by atoms with Crippen LogP contribution >= 0.6 is 15.9 Å². The minimum Gasteiger partial charge on any atom is -0.309 e. The van der Waals surface area contributed by atoms with Gasteiger partial charge in [0.15, 0.2) is 0 Å². The summed E-state index contributed by atoms with van der Waals surface area (Å²) in [5.41, 5.74) is 8.43. The molecule has 0 aliphatic heterocycles. The fraction of sp³-hybridized carbons (Fsp3) is 0. The summed E-state index contributed by atoms with van der Waals surface area (Å²) >= 11 is 3.96. The molecule has 2 heteroatoms. The zero-order chi connectivity index (χ0) is 21.5. The Bertz CT molecular complexity index is 1560. The van der Waals surface area contributed by atoms with E-state index in [9.17, 15) is 0 Å². The SMILES string of the molecule is Brc1c(-c2ccccc2)ccc2c1c1ccccc1n2-c1cccc(-c2ccccc2)c1. The van der Waals surface area contributed by atoms with Gasteiger partial charge in [-0.2, -0.15) is 0 Å². The first kappa shape index (κ1) is 19.1. The monoisotopic (exact) mass is 473 g/mol. The van der Waals surface area contributed by atoms with E-state index in [1.807, 2.05) is 0 Å². The molecule has 0 bridgehead atoms. The molecule has 1 aromatic heterocycles. The molecule has 32 heavy (non-hydrogen) atoms. The average Bonchev–Trinajstić information content (AvgIpc) is 3.20. The summed E-state index contributed by atoms with van der Waals surface area (Å²) in [6.45, 7) is 0. The van der Waals surface area contributed by atoms with Gasteiger partial charge in [0.05, 0.1) is 11.0 Å². The number of hydrogen-bond donors (Lipinski definition) is 0. The van der Waals surface area contributed by atoms with Crippen LogP contribution in [0.3, 0.4) is 0 Å². The molecule has 1 heterocycles. The van der Waals surface area contributed by atoms with Gasteiger partial charge in [0.2, 0.25) is 0 Å². The lowest BCUT2D eigenvalue weighted by molar-refractivity contribution is 1.18. The fourth-order valence-corrected chi connectivity index (χ4v) is 5.37. The van der Waals surface area contributed by atoms with E-state index < -0.39 is 0 Å². The van der Waals surface area contributed by atoms with Gasteiger partial charge in [0.1, 0.15) is 0 Å². The summed E-state index contributed by atoms with van der Waals surface area (Å²) in [5.74, 6) is 0. The molecule has 0 saturated carbocycles. The first-order valence-electron chi connectivity index (χ1n) is 10.7. The maximum absolute atomic E-state index is 3.96. The lowest BCUT2D eigenvalue weighted by Crippen LogP contribution is -1.94. The van der Waals surface area contributed by atoms with Crippen LogP contribution in [0.25, 0.3) is 49.7 Å². The average molecular weight is 474 g/mol. The number of benzene rings is 5. The third kappa shape index (κ3) is 3.07. The summed E-state index contributed by atoms with van der Waals surface area (Å²) < 4.78 is 3.51. The van der Waals surface area contributed by atoms with Crippen LogP contribution in [0.4, 0.5) is 0 Å². The Morgan fingerprint density at radius 2 is 1.16 bits per heavy atom. The van der Waals surface area contributed by atoms with Crippen LogP contribution in [0.1, 0.15) is 0 Å². The normalized spacial score (nSPS) is 11.3. The highest BCUT2D eigenvalue weighted by Gasteiger charge is 2.17. The molecule has 0 unspecified atom stereocenters. The highest BCUT2D eigenvalue weighted by Crippen LogP contribution is 2.41. The molecule has 0 spiro atoms. The molecule has 0 fully saturated rings. The first-order chi connectivity index (χ1) is 15.8. The lowest BCUT2D eigenvalue weighted by Gasteiger charge is -2.11. The van der Waals surface area contributed by atoms with Crippen molar-refractivity contribution >= 4 is 37.7 Å². The number of aromatic nitrogens is 1. The van der Waals surface area contributed by atoms with E-state index in [0.717, 1.165) is 10.2 Å². The van der Waals surface area contributed by atoms with Crippen molar-refractivity contribution in [2.75, 3.05) is 0 Å². The molecule has 1 nitrogen and oxygen atoms in total. The minimum atomic E-state index is 1.13. The Labute approximate surface area is 195 Å². The minimum absolute atomic E-state index is 1.13. The van der Waals surface area contributed by atoms with Crippen LogP contribution in [0.2, 0.25) is 0 Å². The molecule has 0 amide bonds. The molecule has 152 valence electrons. The van der Waals surface area contributed by atoms with Crippen molar-refractivity contribution in [3.05, 3.63) is 126 Å². The van der Waals surface area contributed by atoms with Crippen LogP contribution in [-0.4, -0.2) is 4.57 Å². The number of halogens is 1. The van der Waals surface area contributed by atoms with Gasteiger partial charge in [-0.3, -0.25) is 0 Å². The topological polar surface area (TPSA) is 4.93 Å². The molecule has 0 aliphatic carbocycles. The van der Waals surface area contributed by atoms with E-state index >= 15 is 0 Å². The molecule has 0 radical (unpaired) electrons. The summed E-state index contributed by atoms with van der Waals surface area (Å²) in [4.78, 5) is 0. The molecule has 0 atom stereocenters. The molecule has 0 aliphatic rings. The van der Waals surface area contributed by atoms with Crippen molar-refractivity contribution in [3.63, 3.8) is 0 Å². The summed E-state index contributed by atoms with van der Waals surface area (Å²) in [6.07, 6.45) is 0. The molecule has 0 saturated heterocycles. The van der Waals surface area contributed by atoms with Crippen LogP contribution < -0.4 is 0 Å². The molecular formula is C30H20BrN.